The van der Waals surface area contributed by atoms with Gasteiger partial charge in [0.1, 0.15) is 0 Å². The Kier molecular flexibility index (Phi) is 5.04. The zero-order valence-electron chi connectivity index (χ0n) is 12.9. The highest BCUT2D eigenvalue weighted by Crippen LogP contribution is 2.12. The van der Waals surface area contributed by atoms with Gasteiger partial charge in [-0.25, -0.2) is 0 Å². The lowest BCUT2D eigenvalue weighted by Crippen LogP contribution is -1.95. The van der Waals surface area contributed by atoms with Gasteiger partial charge in [0.2, 0.25) is 0 Å². The fraction of sp³-hybridized carbons (Fsp3) is 0.182. The number of aryl methyl sites for hydroxylation is 4. The Morgan fingerprint density at radius 3 is 1.18 bits per heavy atom. The minimum absolute atomic E-state index is 1.11. The summed E-state index contributed by atoms with van der Waals surface area (Å²) < 4.78 is 0. The topological polar surface area (TPSA) is 0 Å². The summed E-state index contributed by atoms with van der Waals surface area (Å²) in [5, 5.41) is 0. The second-order valence-electron chi connectivity index (χ2n) is 5.79. The molecule has 0 unspecified atom stereocenters. The second-order valence-corrected chi connectivity index (χ2v) is 5.79. The van der Waals surface area contributed by atoms with Gasteiger partial charge in [0.25, 0.3) is 0 Å². The molecule has 3 rings (SSSR count). The Morgan fingerprint density at radius 1 is 0.364 bits per heavy atom. The van der Waals surface area contributed by atoms with Gasteiger partial charge in [0, 0.05) is 0 Å². The average Bonchev–Trinajstić information content (AvgIpc) is 2.60. The van der Waals surface area contributed by atoms with E-state index < -0.39 is 0 Å². The maximum atomic E-state index is 2.37. The fourth-order valence-corrected chi connectivity index (χ4v) is 2.81. The Bertz CT molecular complexity index is 625. The Balaban J connectivity index is 1.58. The molecule has 0 N–H and O–H groups in total. The van der Waals surface area contributed by atoms with Crippen LogP contribution in [0.1, 0.15) is 22.3 Å². The quantitative estimate of drug-likeness (QED) is 0.580. The lowest BCUT2D eigenvalue weighted by molar-refractivity contribution is 0.930. The van der Waals surface area contributed by atoms with Gasteiger partial charge in [-0.15, -0.1) is 0 Å². The lowest BCUT2D eigenvalue weighted by atomic mass is 9.99. The summed E-state index contributed by atoms with van der Waals surface area (Å²) in [5.41, 5.74) is 5.71. The van der Waals surface area contributed by atoms with Crippen molar-refractivity contribution in [3.05, 3.63) is 107 Å². The maximum absolute atomic E-state index is 2.37. The molecule has 0 saturated carbocycles. The first kappa shape index (κ1) is 14.6. The number of benzene rings is 3. The molecule has 0 radical (unpaired) electrons. The van der Waals surface area contributed by atoms with Crippen molar-refractivity contribution >= 4 is 0 Å². The van der Waals surface area contributed by atoms with E-state index in [-0.39, 0.29) is 0 Å². The number of hydrogen-bond acceptors (Lipinski definition) is 0. The molecule has 110 valence electrons. The normalized spacial score (nSPS) is 10.5. The van der Waals surface area contributed by atoms with E-state index in [0.29, 0.717) is 0 Å². The molecule has 0 atom stereocenters. The van der Waals surface area contributed by atoms with E-state index in [1.165, 1.54) is 22.3 Å². The van der Waals surface area contributed by atoms with Crippen LogP contribution in [0.15, 0.2) is 84.9 Å². The maximum Gasteiger partial charge on any atom is -0.0238 e. The van der Waals surface area contributed by atoms with E-state index >= 15 is 0 Å². The van der Waals surface area contributed by atoms with Crippen molar-refractivity contribution in [3.8, 4) is 0 Å². The molecule has 0 fully saturated rings. The van der Waals surface area contributed by atoms with Crippen LogP contribution in [0, 0.1) is 0 Å². The molecule has 22 heavy (non-hydrogen) atoms. The van der Waals surface area contributed by atoms with Crippen molar-refractivity contribution < 1.29 is 0 Å². The average molecular weight is 286 g/mol. The fourth-order valence-electron chi connectivity index (χ4n) is 2.81. The molecular weight excluding hydrogens is 264 g/mol. The molecule has 0 aliphatic carbocycles. The number of hydrogen-bond donors (Lipinski definition) is 0. The molecule has 0 bridgehead atoms. The van der Waals surface area contributed by atoms with Gasteiger partial charge in [0.15, 0.2) is 0 Å². The van der Waals surface area contributed by atoms with Gasteiger partial charge in [-0.05, 0) is 47.9 Å². The summed E-state index contributed by atoms with van der Waals surface area (Å²) in [7, 11) is 0. The van der Waals surface area contributed by atoms with Crippen molar-refractivity contribution in [1.29, 1.82) is 0 Å². The molecule has 0 heterocycles. The highest BCUT2D eigenvalue weighted by molar-refractivity contribution is 5.26. The molecule has 0 spiro atoms. The zero-order valence-corrected chi connectivity index (χ0v) is 12.9. The molecule has 3 aromatic carbocycles. The van der Waals surface area contributed by atoms with Crippen LogP contribution in [0.25, 0.3) is 0 Å². The van der Waals surface area contributed by atoms with Crippen LogP contribution < -0.4 is 0 Å². The Hall–Kier alpha value is -2.34. The van der Waals surface area contributed by atoms with E-state index in [0.717, 1.165) is 25.7 Å². The predicted octanol–water partition coefficient (Wildman–Crippen LogP) is 5.26. The van der Waals surface area contributed by atoms with Crippen LogP contribution in [0.2, 0.25) is 0 Å². The first-order valence-electron chi connectivity index (χ1n) is 8.06. The van der Waals surface area contributed by atoms with Gasteiger partial charge >= 0.3 is 0 Å². The summed E-state index contributed by atoms with van der Waals surface area (Å²) in [6.45, 7) is 0. The highest BCUT2D eigenvalue weighted by Gasteiger charge is 1.99. The van der Waals surface area contributed by atoms with Crippen LogP contribution in [0.3, 0.4) is 0 Å². The van der Waals surface area contributed by atoms with E-state index in [1.54, 1.807) is 0 Å². The third-order valence-electron chi connectivity index (χ3n) is 4.08. The van der Waals surface area contributed by atoms with Crippen LogP contribution in [0.4, 0.5) is 0 Å². The van der Waals surface area contributed by atoms with Crippen molar-refractivity contribution in [2.45, 2.75) is 25.7 Å². The van der Waals surface area contributed by atoms with Crippen LogP contribution in [-0.4, -0.2) is 0 Å². The van der Waals surface area contributed by atoms with Crippen LogP contribution in [-0.2, 0) is 25.7 Å². The molecule has 0 aliphatic rings. The Morgan fingerprint density at radius 2 is 0.727 bits per heavy atom. The predicted molar refractivity (Wildman–Crippen MR) is 94.1 cm³/mol. The molecule has 0 amide bonds. The minimum Gasteiger partial charge on any atom is -0.0622 e. The minimum atomic E-state index is 1.11. The van der Waals surface area contributed by atoms with Gasteiger partial charge in [-0.3, -0.25) is 0 Å². The monoisotopic (exact) mass is 286 g/mol. The van der Waals surface area contributed by atoms with Gasteiger partial charge in [0.05, 0.1) is 0 Å². The van der Waals surface area contributed by atoms with Gasteiger partial charge in [-0.1, -0.05) is 84.9 Å². The molecule has 3 aromatic rings. The number of rotatable bonds is 6. The van der Waals surface area contributed by atoms with Crippen molar-refractivity contribution in [3.63, 3.8) is 0 Å². The van der Waals surface area contributed by atoms with E-state index in [9.17, 15) is 0 Å². The standard InChI is InChI=1S/C22H22/c1-3-8-19(9-4-1)14-16-21-12-7-13-22(18-21)17-15-20-10-5-2-6-11-20/h1-13,18H,14-17H2. The van der Waals surface area contributed by atoms with Crippen molar-refractivity contribution in [2.75, 3.05) is 0 Å². The summed E-state index contributed by atoms with van der Waals surface area (Å²) in [6.07, 6.45) is 4.46. The second kappa shape index (κ2) is 7.61. The third-order valence-corrected chi connectivity index (χ3v) is 4.08. The molecule has 0 aliphatic heterocycles. The smallest absolute Gasteiger partial charge is 0.0238 e. The highest BCUT2D eigenvalue weighted by atomic mass is 14.0. The molecule has 0 aromatic heterocycles. The summed E-state index contributed by atoms with van der Waals surface area (Å²) >= 11 is 0. The van der Waals surface area contributed by atoms with Gasteiger partial charge in [-0.2, -0.15) is 0 Å². The van der Waals surface area contributed by atoms with Gasteiger partial charge < -0.3 is 0 Å². The third kappa shape index (κ3) is 4.33. The van der Waals surface area contributed by atoms with E-state index in [2.05, 4.69) is 84.9 Å². The first-order valence-corrected chi connectivity index (χ1v) is 8.06. The molecule has 0 heteroatoms. The summed E-state index contributed by atoms with van der Waals surface area (Å²) in [4.78, 5) is 0. The molecule has 0 saturated heterocycles. The molecular formula is C22H22. The molecule has 0 nitrogen and oxygen atoms in total. The van der Waals surface area contributed by atoms with E-state index in [1.807, 2.05) is 0 Å². The van der Waals surface area contributed by atoms with Crippen LogP contribution in [0.5, 0.6) is 0 Å². The SMILES string of the molecule is c1ccc(CCc2cccc(CCc3ccccc3)c2)cc1. The van der Waals surface area contributed by atoms with Crippen molar-refractivity contribution in [1.82, 2.24) is 0 Å². The largest absolute Gasteiger partial charge is 0.0622 e. The van der Waals surface area contributed by atoms with Crippen molar-refractivity contribution in [2.24, 2.45) is 0 Å². The first-order chi connectivity index (χ1) is 10.9. The van der Waals surface area contributed by atoms with E-state index in [4.69, 9.17) is 0 Å². The lowest BCUT2D eigenvalue weighted by Gasteiger charge is -2.06. The summed E-state index contributed by atoms with van der Waals surface area (Å²) in [6, 6.07) is 30.5. The van der Waals surface area contributed by atoms with Crippen LogP contribution >= 0.6 is 0 Å². The Labute approximate surface area is 133 Å². The zero-order chi connectivity index (χ0) is 15.0. The summed E-state index contributed by atoms with van der Waals surface area (Å²) in [5.74, 6) is 0.